The fraction of sp³-hybridized carbons (Fsp3) is 0.286. The molecule has 0 aliphatic rings. The van der Waals surface area contributed by atoms with Gasteiger partial charge in [0, 0.05) is 6.07 Å². The Bertz CT molecular complexity index is 349. The van der Waals surface area contributed by atoms with Crippen molar-refractivity contribution >= 4 is 22.2 Å². The van der Waals surface area contributed by atoms with E-state index in [0.717, 1.165) is 11.3 Å². The maximum absolute atomic E-state index is 11.2. The van der Waals surface area contributed by atoms with Crippen LogP contribution >= 0.6 is 11.3 Å². The zero-order chi connectivity index (χ0) is 10.6. The second-order valence-corrected chi connectivity index (χ2v) is 3.32. The zero-order valence-electron chi connectivity index (χ0n) is 7.35. The van der Waals surface area contributed by atoms with E-state index in [1.165, 1.54) is 12.1 Å². The lowest BCUT2D eigenvalue weighted by molar-refractivity contribution is -0.380. The molecule has 6 nitrogen and oxygen atoms in total. The fourth-order valence-electron chi connectivity index (χ4n) is 0.736. The van der Waals surface area contributed by atoms with Gasteiger partial charge in [-0.15, -0.1) is 0 Å². The number of rotatable bonds is 4. The number of hydroxylamine groups is 1. The van der Waals surface area contributed by atoms with Gasteiger partial charge in [0.05, 0.1) is 11.5 Å². The second kappa shape index (κ2) is 4.68. The number of hydrogen-bond donors (Lipinski definition) is 1. The first-order valence-electron chi connectivity index (χ1n) is 3.81. The van der Waals surface area contributed by atoms with E-state index in [1.54, 1.807) is 6.92 Å². The standard InChI is InChI=1S/C7H8N2O4S/c1-2-13-8-7(10)5-3-4-6(14-5)9(11)12/h3-4H,2H2,1H3,(H,8,10). The summed E-state index contributed by atoms with van der Waals surface area (Å²) in [6.45, 7) is 2.07. The molecule has 0 aromatic carbocycles. The monoisotopic (exact) mass is 216 g/mol. The van der Waals surface area contributed by atoms with Gasteiger partial charge < -0.3 is 0 Å². The van der Waals surface area contributed by atoms with Gasteiger partial charge >= 0.3 is 5.00 Å². The molecule has 0 radical (unpaired) electrons. The molecule has 0 bridgehead atoms. The fourth-order valence-corrected chi connectivity index (χ4v) is 1.44. The van der Waals surface area contributed by atoms with Gasteiger partial charge in [-0.2, -0.15) is 0 Å². The van der Waals surface area contributed by atoms with Crippen LogP contribution in [0.25, 0.3) is 0 Å². The molecule has 0 aliphatic heterocycles. The van der Waals surface area contributed by atoms with Crippen LogP contribution in [0.1, 0.15) is 16.6 Å². The van der Waals surface area contributed by atoms with Crippen molar-refractivity contribution in [1.29, 1.82) is 0 Å². The van der Waals surface area contributed by atoms with Crippen molar-refractivity contribution in [3.63, 3.8) is 0 Å². The molecular formula is C7H8N2O4S. The Kier molecular flexibility index (Phi) is 3.55. The summed E-state index contributed by atoms with van der Waals surface area (Å²) in [6, 6.07) is 2.67. The van der Waals surface area contributed by atoms with E-state index in [0.29, 0.717) is 6.61 Å². The van der Waals surface area contributed by atoms with Crippen LogP contribution in [0, 0.1) is 10.1 Å². The molecule has 0 fully saturated rings. The number of nitrogens with one attached hydrogen (secondary N) is 1. The minimum atomic E-state index is -0.540. The van der Waals surface area contributed by atoms with Crippen LogP contribution in [-0.4, -0.2) is 17.4 Å². The topological polar surface area (TPSA) is 81.5 Å². The molecule has 1 heterocycles. The van der Waals surface area contributed by atoms with Crippen LogP contribution in [0.5, 0.6) is 0 Å². The van der Waals surface area contributed by atoms with Crippen LogP contribution in [0.2, 0.25) is 0 Å². The number of nitro groups is 1. The molecule has 1 amide bonds. The third kappa shape index (κ3) is 2.51. The van der Waals surface area contributed by atoms with Crippen molar-refractivity contribution < 1.29 is 14.6 Å². The molecular weight excluding hydrogens is 208 g/mol. The summed E-state index contributed by atoms with van der Waals surface area (Å²) >= 11 is 0.808. The van der Waals surface area contributed by atoms with Gasteiger partial charge in [0.15, 0.2) is 0 Å². The van der Waals surface area contributed by atoms with Crippen molar-refractivity contribution in [1.82, 2.24) is 5.48 Å². The van der Waals surface area contributed by atoms with Crippen LogP contribution in [0.3, 0.4) is 0 Å². The van der Waals surface area contributed by atoms with Crippen LogP contribution in [-0.2, 0) is 4.84 Å². The number of amides is 1. The molecule has 0 unspecified atom stereocenters. The van der Waals surface area contributed by atoms with E-state index in [4.69, 9.17) is 0 Å². The van der Waals surface area contributed by atoms with E-state index in [-0.39, 0.29) is 9.88 Å². The highest BCUT2D eigenvalue weighted by Crippen LogP contribution is 2.23. The first-order chi connectivity index (χ1) is 6.65. The summed E-state index contributed by atoms with van der Waals surface area (Å²) in [5, 5.41) is 10.2. The molecule has 0 saturated carbocycles. The lowest BCUT2D eigenvalue weighted by atomic mass is 10.4. The highest BCUT2D eigenvalue weighted by molar-refractivity contribution is 7.17. The summed E-state index contributed by atoms with van der Waals surface area (Å²) in [4.78, 5) is 25.9. The largest absolute Gasteiger partial charge is 0.324 e. The summed E-state index contributed by atoms with van der Waals surface area (Å²) in [5.74, 6) is -0.468. The third-order valence-electron chi connectivity index (χ3n) is 1.30. The van der Waals surface area contributed by atoms with Gasteiger partial charge in [-0.1, -0.05) is 11.3 Å². The van der Waals surface area contributed by atoms with Gasteiger partial charge in [-0.25, -0.2) is 5.48 Å². The molecule has 1 aromatic rings. The molecule has 76 valence electrons. The van der Waals surface area contributed by atoms with E-state index >= 15 is 0 Å². The quantitative estimate of drug-likeness (QED) is 0.608. The van der Waals surface area contributed by atoms with Crippen molar-refractivity contribution in [3.8, 4) is 0 Å². The van der Waals surface area contributed by atoms with Gasteiger partial charge in [0.25, 0.3) is 5.91 Å². The molecule has 1 rings (SSSR count). The van der Waals surface area contributed by atoms with Crippen molar-refractivity contribution in [3.05, 3.63) is 27.1 Å². The Balaban J connectivity index is 2.66. The van der Waals surface area contributed by atoms with Gasteiger partial charge in [0.1, 0.15) is 4.88 Å². The van der Waals surface area contributed by atoms with E-state index in [9.17, 15) is 14.9 Å². The lowest BCUT2D eigenvalue weighted by Crippen LogP contribution is -2.22. The van der Waals surface area contributed by atoms with Crippen LogP contribution < -0.4 is 5.48 Å². The zero-order valence-corrected chi connectivity index (χ0v) is 8.17. The number of nitrogens with zero attached hydrogens (tertiary/aromatic N) is 1. The van der Waals surface area contributed by atoms with Crippen LogP contribution in [0.4, 0.5) is 5.00 Å². The molecule has 1 aromatic heterocycles. The first kappa shape index (κ1) is 10.6. The van der Waals surface area contributed by atoms with Gasteiger partial charge in [-0.05, 0) is 13.0 Å². The predicted octanol–water partition coefficient (Wildman–Crippen LogP) is 1.34. The third-order valence-corrected chi connectivity index (χ3v) is 2.34. The summed E-state index contributed by atoms with van der Waals surface area (Å²) in [6.07, 6.45) is 0. The molecule has 14 heavy (non-hydrogen) atoms. The number of carbonyl (C=O) groups excluding carboxylic acids is 1. The minimum absolute atomic E-state index is 0.0633. The summed E-state index contributed by atoms with van der Waals surface area (Å²) in [7, 11) is 0. The van der Waals surface area contributed by atoms with E-state index in [2.05, 4.69) is 10.3 Å². The maximum Gasteiger partial charge on any atom is 0.324 e. The maximum atomic E-state index is 11.2. The average Bonchev–Trinajstić information content (AvgIpc) is 2.62. The number of carbonyl (C=O) groups is 1. The number of hydrogen-bond acceptors (Lipinski definition) is 5. The smallest absolute Gasteiger partial charge is 0.274 e. The Labute approximate surface area is 83.6 Å². The number of thiophene rings is 1. The molecule has 0 atom stereocenters. The second-order valence-electron chi connectivity index (χ2n) is 2.26. The molecule has 7 heteroatoms. The SMILES string of the molecule is CCONC(=O)c1ccc([N+](=O)[O-])s1. The average molecular weight is 216 g/mol. The molecule has 1 N–H and O–H groups in total. The Hall–Kier alpha value is -1.47. The van der Waals surface area contributed by atoms with Crippen molar-refractivity contribution in [2.75, 3.05) is 6.61 Å². The molecule has 0 spiro atoms. The summed E-state index contributed by atoms with van der Waals surface area (Å²) < 4.78 is 0. The van der Waals surface area contributed by atoms with Gasteiger partial charge in [0.2, 0.25) is 0 Å². The van der Waals surface area contributed by atoms with Gasteiger partial charge in [-0.3, -0.25) is 19.7 Å². The normalized spacial score (nSPS) is 9.79. The van der Waals surface area contributed by atoms with Crippen molar-refractivity contribution in [2.24, 2.45) is 0 Å². The minimum Gasteiger partial charge on any atom is -0.274 e. The summed E-state index contributed by atoms with van der Waals surface area (Å²) in [5.41, 5.74) is 2.15. The van der Waals surface area contributed by atoms with Crippen LogP contribution in [0.15, 0.2) is 12.1 Å². The highest BCUT2D eigenvalue weighted by Gasteiger charge is 2.14. The van der Waals surface area contributed by atoms with Crippen molar-refractivity contribution in [2.45, 2.75) is 6.92 Å². The highest BCUT2D eigenvalue weighted by atomic mass is 32.1. The Morgan fingerprint density at radius 1 is 1.71 bits per heavy atom. The Morgan fingerprint density at radius 2 is 2.43 bits per heavy atom. The first-order valence-corrected chi connectivity index (χ1v) is 4.63. The molecule has 0 saturated heterocycles. The predicted molar refractivity (Wildman–Crippen MR) is 50.1 cm³/mol. The van der Waals surface area contributed by atoms with E-state index < -0.39 is 10.8 Å². The van der Waals surface area contributed by atoms with E-state index in [1.807, 2.05) is 0 Å². The Morgan fingerprint density at radius 3 is 2.93 bits per heavy atom. The lowest BCUT2D eigenvalue weighted by Gasteiger charge is -1.99. The molecule has 0 aliphatic carbocycles.